The average Bonchev–Trinajstić information content (AvgIpc) is 2.47. The molecule has 2 N–H and O–H groups in total. The van der Waals surface area contributed by atoms with Crippen LogP contribution in [0.3, 0.4) is 0 Å². The predicted octanol–water partition coefficient (Wildman–Crippen LogP) is 4.03. The third-order valence-corrected chi connectivity index (χ3v) is 3.36. The number of nitrogens with one attached hydrogen (secondary N) is 1. The lowest BCUT2D eigenvalue weighted by molar-refractivity contribution is -0.137. The van der Waals surface area contributed by atoms with Gasteiger partial charge < -0.3 is 10.4 Å². The van der Waals surface area contributed by atoms with Crippen molar-refractivity contribution in [2.75, 3.05) is 11.9 Å². The Balaban J connectivity index is 2.23. The van der Waals surface area contributed by atoms with E-state index in [0.29, 0.717) is 5.69 Å². The number of rotatable bonds is 4. The molecule has 21 heavy (non-hydrogen) atoms. The Kier molecular flexibility index (Phi) is 4.23. The van der Waals surface area contributed by atoms with Crippen molar-refractivity contribution in [2.24, 2.45) is 0 Å². The Labute approximate surface area is 121 Å². The van der Waals surface area contributed by atoms with Crippen LogP contribution < -0.4 is 5.32 Å². The molecule has 0 amide bonds. The lowest BCUT2D eigenvalue weighted by Crippen LogP contribution is -2.35. The van der Waals surface area contributed by atoms with Crippen molar-refractivity contribution < 1.29 is 18.3 Å². The molecule has 1 unspecified atom stereocenters. The van der Waals surface area contributed by atoms with Gasteiger partial charge in [0.2, 0.25) is 0 Å². The Hall–Kier alpha value is -2.01. The second-order valence-corrected chi connectivity index (χ2v) is 5.06. The molecule has 112 valence electrons. The fourth-order valence-electron chi connectivity index (χ4n) is 2.07. The summed E-state index contributed by atoms with van der Waals surface area (Å²) in [4.78, 5) is 0. The highest BCUT2D eigenvalue weighted by Gasteiger charge is 2.30. The normalized spacial score (nSPS) is 14.5. The first-order chi connectivity index (χ1) is 9.85. The molecule has 0 radical (unpaired) electrons. The van der Waals surface area contributed by atoms with Crippen molar-refractivity contribution in [3.8, 4) is 0 Å². The molecule has 0 aliphatic heterocycles. The molecule has 0 bridgehead atoms. The third kappa shape index (κ3) is 3.55. The number of benzene rings is 2. The minimum Gasteiger partial charge on any atom is -0.394 e. The van der Waals surface area contributed by atoms with Crippen LogP contribution in [-0.4, -0.2) is 11.7 Å². The first-order valence-corrected chi connectivity index (χ1v) is 6.47. The van der Waals surface area contributed by atoms with Crippen LogP contribution in [0.4, 0.5) is 18.9 Å². The summed E-state index contributed by atoms with van der Waals surface area (Å²) in [5, 5.41) is 12.7. The molecule has 0 heterocycles. The maximum Gasteiger partial charge on any atom is 0.416 e. The molecule has 0 aliphatic carbocycles. The molecule has 0 aromatic heterocycles. The molecular formula is C16H16F3NO. The van der Waals surface area contributed by atoms with Crippen LogP contribution in [0, 0.1) is 0 Å². The molecule has 0 fully saturated rings. The predicted molar refractivity (Wildman–Crippen MR) is 75.9 cm³/mol. The van der Waals surface area contributed by atoms with E-state index >= 15 is 0 Å². The summed E-state index contributed by atoms with van der Waals surface area (Å²) in [7, 11) is 0. The zero-order chi connectivity index (χ0) is 15.5. The van der Waals surface area contributed by atoms with Crippen molar-refractivity contribution in [2.45, 2.75) is 18.6 Å². The first-order valence-electron chi connectivity index (χ1n) is 6.47. The topological polar surface area (TPSA) is 32.3 Å². The van der Waals surface area contributed by atoms with Gasteiger partial charge in [-0.05, 0) is 36.8 Å². The van der Waals surface area contributed by atoms with E-state index in [-0.39, 0.29) is 6.61 Å². The summed E-state index contributed by atoms with van der Waals surface area (Å²) in [6, 6.07) is 14.0. The van der Waals surface area contributed by atoms with Crippen molar-refractivity contribution in [1.82, 2.24) is 0 Å². The van der Waals surface area contributed by atoms with Crippen LogP contribution in [0.2, 0.25) is 0 Å². The van der Waals surface area contributed by atoms with Gasteiger partial charge in [0.25, 0.3) is 0 Å². The van der Waals surface area contributed by atoms with Gasteiger partial charge in [-0.15, -0.1) is 0 Å². The minimum absolute atomic E-state index is 0.183. The number of alkyl halides is 3. The summed E-state index contributed by atoms with van der Waals surface area (Å²) in [6.45, 7) is 1.61. The molecule has 1 atom stereocenters. The summed E-state index contributed by atoms with van der Waals surface area (Å²) in [5.74, 6) is 0. The molecule has 2 rings (SSSR count). The van der Waals surface area contributed by atoms with E-state index in [0.717, 1.165) is 17.7 Å². The molecule has 2 nitrogen and oxygen atoms in total. The van der Waals surface area contributed by atoms with E-state index in [9.17, 15) is 18.3 Å². The van der Waals surface area contributed by atoms with E-state index in [1.54, 1.807) is 6.92 Å². The highest BCUT2D eigenvalue weighted by atomic mass is 19.4. The highest BCUT2D eigenvalue weighted by molar-refractivity contribution is 5.49. The summed E-state index contributed by atoms with van der Waals surface area (Å²) in [5.41, 5.74) is -0.0876. The van der Waals surface area contributed by atoms with Crippen LogP contribution in [-0.2, 0) is 11.7 Å². The number of halogens is 3. The van der Waals surface area contributed by atoms with Crippen LogP contribution in [0.15, 0.2) is 54.6 Å². The molecular weight excluding hydrogens is 279 g/mol. The second-order valence-electron chi connectivity index (χ2n) is 5.06. The SMILES string of the molecule is CC(CO)(Nc1ccc(C(F)(F)F)cc1)c1ccccc1. The van der Waals surface area contributed by atoms with Crippen LogP contribution in [0.25, 0.3) is 0 Å². The molecule has 2 aromatic rings. The summed E-state index contributed by atoms with van der Waals surface area (Å²) in [6.07, 6.45) is -4.35. The van der Waals surface area contributed by atoms with Gasteiger partial charge in [-0.2, -0.15) is 13.2 Å². The van der Waals surface area contributed by atoms with Gasteiger partial charge in [0.15, 0.2) is 0 Å². The van der Waals surface area contributed by atoms with E-state index in [2.05, 4.69) is 5.32 Å². The minimum atomic E-state index is -4.35. The monoisotopic (exact) mass is 295 g/mol. The van der Waals surface area contributed by atoms with Crippen molar-refractivity contribution in [3.63, 3.8) is 0 Å². The molecule has 0 spiro atoms. The molecule has 0 saturated heterocycles. The Morgan fingerprint density at radius 1 is 0.905 bits per heavy atom. The number of aliphatic hydroxyl groups excluding tert-OH is 1. The first kappa shape index (κ1) is 15.4. The second kappa shape index (κ2) is 5.77. The van der Waals surface area contributed by atoms with Crippen molar-refractivity contribution >= 4 is 5.69 Å². The van der Waals surface area contributed by atoms with Gasteiger partial charge in [-0.25, -0.2) is 0 Å². The zero-order valence-electron chi connectivity index (χ0n) is 11.5. The Morgan fingerprint density at radius 3 is 1.95 bits per heavy atom. The lowest BCUT2D eigenvalue weighted by Gasteiger charge is -2.30. The largest absolute Gasteiger partial charge is 0.416 e. The van der Waals surface area contributed by atoms with Crippen LogP contribution in [0.5, 0.6) is 0 Å². The van der Waals surface area contributed by atoms with E-state index in [4.69, 9.17) is 0 Å². The number of hydrogen-bond acceptors (Lipinski definition) is 2. The van der Waals surface area contributed by atoms with Crippen molar-refractivity contribution in [1.29, 1.82) is 0 Å². The van der Waals surface area contributed by atoms with Gasteiger partial charge in [0.05, 0.1) is 17.7 Å². The van der Waals surface area contributed by atoms with Gasteiger partial charge in [-0.3, -0.25) is 0 Å². The summed E-state index contributed by atoms with van der Waals surface area (Å²) >= 11 is 0. The average molecular weight is 295 g/mol. The molecule has 0 aliphatic rings. The Morgan fingerprint density at radius 2 is 1.48 bits per heavy atom. The van der Waals surface area contributed by atoms with Crippen LogP contribution >= 0.6 is 0 Å². The summed E-state index contributed by atoms with van der Waals surface area (Å²) < 4.78 is 37.6. The van der Waals surface area contributed by atoms with Gasteiger partial charge >= 0.3 is 6.18 Å². The quantitative estimate of drug-likeness (QED) is 0.892. The zero-order valence-corrected chi connectivity index (χ0v) is 11.5. The number of hydrogen-bond donors (Lipinski definition) is 2. The number of anilines is 1. The standard InChI is InChI=1S/C16H16F3NO/c1-15(11-21,12-5-3-2-4-6-12)20-14-9-7-13(8-10-14)16(17,18)19/h2-10,20-21H,11H2,1H3. The van der Waals surface area contributed by atoms with Gasteiger partial charge in [0.1, 0.15) is 0 Å². The molecule has 5 heteroatoms. The maximum absolute atomic E-state index is 12.5. The van der Waals surface area contributed by atoms with E-state index in [1.807, 2.05) is 30.3 Å². The van der Waals surface area contributed by atoms with E-state index < -0.39 is 17.3 Å². The smallest absolute Gasteiger partial charge is 0.394 e. The van der Waals surface area contributed by atoms with E-state index in [1.165, 1.54) is 12.1 Å². The molecule has 2 aromatic carbocycles. The van der Waals surface area contributed by atoms with Gasteiger partial charge in [-0.1, -0.05) is 30.3 Å². The highest BCUT2D eigenvalue weighted by Crippen LogP contribution is 2.31. The van der Waals surface area contributed by atoms with Crippen molar-refractivity contribution in [3.05, 3.63) is 65.7 Å². The maximum atomic E-state index is 12.5. The molecule has 0 saturated carbocycles. The third-order valence-electron chi connectivity index (χ3n) is 3.36. The fraction of sp³-hybridized carbons (Fsp3) is 0.250. The lowest BCUT2D eigenvalue weighted by atomic mass is 9.92. The Bertz CT molecular complexity index is 581. The van der Waals surface area contributed by atoms with Crippen LogP contribution in [0.1, 0.15) is 18.1 Å². The number of aliphatic hydroxyl groups is 1. The fourth-order valence-corrected chi connectivity index (χ4v) is 2.07. The van der Waals surface area contributed by atoms with Gasteiger partial charge in [0, 0.05) is 5.69 Å².